The lowest BCUT2D eigenvalue weighted by molar-refractivity contribution is 0.628. The summed E-state index contributed by atoms with van der Waals surface area (Å²) in [4.78, 5) is 8.81. The minimum atomic E-state index is -0.269. The maximum absolute atomic E-state index is 13.5. The van der Waals surface area contributed by atoms with Crippen molar-refractivity contribution >= 4 is 5.65 Å². The van der Waals surface area contributed by atoms with Crippen LogP contribution in [0.2, 0.25) is 0 Å². The van der Waals surface area contributed by atoms with Crippen LogP contribution in [0.5, 0.6) is 0 Å². The normalized spacial score (nSPS) is 11.0. The van der Waals surface area contributed by atoms with E-state index in [1.165, 1.54) is 17.7 Å². The maximum atomic E-state index is 13.5. The van der Waals surface area contributed by atoms with Gasteiger partial charge in [-0.1, -0.05) is 36.4 Å². The number of rotatable bonds is 2. The summed E-state index contributed by atoms with van der Waals surface area (Å²) in [6.45, 7) is 2.07. The van der Waals surface area contributed by atoms with Gasteiger partial charge in [-0.3, -0.25) is 9.38 Å². The van der Waals surface area contributed by atoms with Gasteiger partial charge in [-0.25, -0.2) is 9.37 Å². The number of hydrogen-bond acceptors (Lipinski definition) is 2. The molecule has 0 saturated heterocycles. The average Bonchev–Trinajstić information content (AvgIpc) is 2.98. The molecule has 4 rings (SSSR count). The summed E-state index contributed by atoms with van der Waals surface area (Å²) in [5.41, 5.74) is 5.53. The minimum absolute atomic E-state index is 0.269. The number of hydrogen-bond donors (Lipinski definition) is 0. The van der Waals surface area contributed by atoms with E-state index in [1.807, 2.05) is 35.0 Å². The molecule has 0 aliphatic heterocycles. The Kier molecular flexibility index (Phi) is 3.15. The first-order valence-electron chi connectivity index (χ1n) is 7.37. The molecule has 112 valence electrons. The number of benzene rings is 2. The van der Waals surface area contributed by atoms with Gasteiger partial charge in [0.05, 0.1) is 23.8 Å². The van der Waals surface area contributed by atoms with Crippen LogP contribution >= 0.6 is 0 Å². The van der Waals surface area contributed by atoms with Crippen molar-refractivity contribution in [2.45, 2.75) is 6.92 Å². The van der Waals surface area contributed by atoms with Crippen molar-refractivity contribution in [3.8, 4) is 22.5 Å². The topological polar surface area (TPSA) is 30.2 Å². The summed E-state index contributed by atoms with van der Waals surface area (Å²) < 4.78 is 15.5. The fourth-order valence-corrected chi connectivity index (χ4v) is 2.75. The summed E-state index contributed by atoms with van der Waals surface area (Å²) in [5, 5.41) is 0. The highest BCUT2D eigenvalue weighted by atomic mass is 19.1. The van der Waals surface area contributed by atoms with E-state index < -0.39 is 0 Å². The highest BCUT2D eigenvalue weighted by molar-refractivity contribution is 5.68. The zero-order valence-corrected chi connectivity index (χ0v) is 12.6. The summed E-state index contributed by atoms with van der Waals surface area (Å²) in [6, 6.07) is 14.6. The predicted octanol–water partition coefficient (Wildman–Crippen LogP) is 4.51. The molecule has 0 fully saturated rings. The van der Waals surface area contributed by atoms with Gasteiger partial charge in [-0.15, -0.1) is 0 Å². The summed E-state index contributed by atoms with van der Waals surface area (Å²) in [7, 11) is 0. The monoisotopic (exact) mass is 303 g/mol. The first-order chi connectivity index (χ1) is 11.2. The number of halogens is 1. The van der Waals surface area contributed by atoms with Crippen LogP contribution in [-0.4, -0.2) is 14.4 Å². The Morgan fingerprint density at radius 1 is 0.957 bits per heavy atom. The molecule has 0 amide bonds. The Balaban J connectivity index is 1.92. The number of aryl methyl sites for hydroxylation is 1. The number of imidazole rings is 1. The van der Waals surface area contributed by atoms with Crippen LogP contribution in [0, 0.1) is 12.7 Å². The Bertz CT molecular complexity index is 1000. The first kappa shape index (κ1) is 13.6. The minimum Gasteiger partial charge on any atom is -0.296 e. The molecule has 0 spiro atoms. The average molecular weight is 303 g/mol. The summed E-state index contributed by atoms with van der Waals surface area (Å²) in [5.74, 6) is -0.269. The van der Waals surface area contributed by atoms with Gasteiger partial charge in [0.2, 0.25) is 0 Å². The van der Waals surface area contributed by atoms with E-state index in [0.29, 0.717) is 5.69 Å². The van der Waals surface area contributed by atoms with Gasteiger partial charge in [0.15, 0.2) is 5.65 Å². The van der Waals surface area contributed by atoms with E-state index in [0.717, 1.165) is 22.5 Å². The number of aromatic nitrogens is 3. The van der Waals surface area contributed by atoms with E-state index in [2.05, 4.69) is 29.0 Å². The predicted molar refractivity (Wildman–Crippen MR) is 88.6 cm³/mol. The van der Waals surface area contributed by atoms with Gasteiger partial charge >= 0.3 is 0 Å². The van der Waals surface area contributed by atoms with Crippen molar-refractivity contribution in [2.75, 3.05) is 0 Å². The fourth-order valence-electron chi connectivity index (χ4n) is 2.75. The zero-order valence-electron chi connectivity index (χ0n) is 12.6. The maximum Gasteiger partial charge on any atom is 0.155 e. The molecule has 0 radical (unpaired) electrons. The van der Waals surface area contributed by atoms with E-state index in [4.69, 9.17) is 0 Å². The van der Waals surface area contributed by atoms with Crippen molar-refractivity contribution in [3.63, 3.8) is 0 Å². The van der Waals surface area contributed by atoms with Crippen LogP contribution in [0.15, 0.2) is 67.1 Å². The smallest absolute Gasteiger partial charge is 0.155 e. The molecule has 0 N–H and O–H groups in total. The molecule has 0 saturated carbocycles. The molecule has 0 aliphatic carbocycles. The van der Waals surface area contributed by atoms with Crippen molar-refractivity contribution in [3.05, 3.63) is 78.5 Å². The molecule has 2 heterocycles. The molecular weight excluding hydrogens is 289 g/mol. The fraction of sp³-hybridized carbons (Fsp3) is 0.0526. The van der Waals surface area contributed by atoms with Gasteiger partial charge in [0.1, 0.15) is 5.82 Å². The van der Waals surface area contributed by atoms with Crippen LogP contribution < -0.4 is 0 Å². The molecule has 4 aromatic rings. The van der Waals surface area contributed by atoms with Crippen molar-refractivity contribution in [1.29, 1.82) is 0 Å². The van der Waals surface area contributed by atoms with Crippen LogP contribution in [0.4, 0.5) is 4.39 Å². The highest BCUT2D eigenvalue weighted by Gasteiger charge is 2.10. The lowest BCUT2D eigenvalue weighted by Crippen LogP contribution is -1.94. The first-order valence-corrected chi connectivity index (χ1v) is 7.37. The molecule has 2 aromatic heterocycles. The molecule has 0 bridgehead atoms. The second kappa shape index (κ2) is 5.32. The summed E-state index contributed by atoms with van der Waals surface area (Å²) >= 11 is 0. The number of nitrogens with zero attached hydrogens (tertiary/aromatic N) is 3. The van der Waals surface area contributed by atoms with Gasteiger partial charge in [0.25, 0.3) is 0 Å². The molecule has 0 unspecified atom stereocenters. The van der Waals surface area contributed by atoms with Crippen LogP contribution in [0.1, 0.15) is 5.56 Å². The Morgan fingerprint density at radius 2 is 1.83 bits per heavy atom. The molecular formula is C19H14FN3. The second-order valence-corrected chi connectivity index (χ2v) is 5.47. The third kappa shape index (κ3) is 2.38. The SMILES string of the molecule is Cc1ccccc1-c1cnc2cnc(-c3cccc(F)c3)cn12. The summed E-state index contributed by atoms with van der Waals surface area (Å²) in [6.07, 6.45) is 5.45. The van der Waals surface area contributed by atoms with E-state index in [9.17, 15) is 4.39 Å². The molecule has 0 aliphatic rings. The molecule has 2 aromatic carbocycles. The molecule has 0 atom stereocenters. The van der Waals surface area contributed by atoms with Crippen molar-refractivity contribution in [1.82, 2.24) is 14.4 Å². The van der Waals surface area contributed by atoms with Crippen LogP contribution in [-0.2, 0) is 0 Å². The number of fused-ring (bicyclic) bond motifs is 1. The van der Waals surface area contributed by atoms with Gasteiger partial charge in [-0.05, 0) is 24.6 Å². The van der Waals surface area contributed by atoms with Gasteiger partial charge < -0.3 is 0 Å². The van der Waals surface area contributed by atoms with E-state index in [1.54, 1.807) is 12.3 Å². The Labute approximate surface area is 133 Å². The van der Waals surface area contributed by atoms with E-state index >= 15 is 0 Å². The third-order valence-electron chi connectivity index (χ3n) is 3.94. The lowest BCUT2D eigenvalue weighted by Gasteiger charge is -2.07. The van der Waals surface area contributed by atoms with Crippen LogP contribution in [0.25, 0.3) is 28.2 Å². The zero-order chi connectivity index (χ0) is 15.8. The van der Waals surface area contributed by atoms with Gasteiger partial charge in [0, 0.05) is 17.3 Å². The quantitative estimate of drug-likeness (QED) is 0.545. The van der Waals surface area contributed by atoms with E-state index in [-0.39, 0.29) is 5.82 Å². The second-order valence-electron chi connectivity index (χ2n) is 5.47. The standard InChI is InChI=1S/C19H14FN3/c1-13-5-2-3-8-16(13)18-10-22-19-11-21-17(12-23(18)19)14-6-4-7-15(20)9-14/h2-12H,1H3. The van der Waals surface area contributed by atoms with Crippen LogP contribution in [0.3, 0.4) is 0 Å². The third-order valence-corrected chi connectivity index (χ3v) is 3.94. The largest absolute Gasteiger partial charge is 0.296 e. The Morgan fingerprint density at radius 3 is 2.65 bits per heavy atom. The lowest BCUT2D eigenvalue weighted by atomic mass is 10.1. The van der Waals surface area contributed by atoms with Crippen molar-refractivity contribution in [2.24, 2.45) is 0 Å². The molecule has 3 nitrogen and oxygen atoms in total. The highest BCUT2D eigenvalue weighted by Crippen LogP contribution is 2.26. The van der Waals surface area contributed by atoms with Gasteiger partial charge in [-0.2, -0.15) is 0 Å². The van der Waals surface area contributed by atoms with Crippen molar-refractivity contribution < 1.29 is 4.39 Å². The Hall–Kier alpha value is -3.01. The molecule has 23 heavy (non-hydrogen) atoms. The molecule has 4 heteroatoms.